The van der Waals surface area contributed by atoms with Crippen molar-refractivity contribution in [1.82, 2.24) is 10.6 Å². The van der Waals surface area contributed by atoms with Crippen molar-refractivity contribution in [3.8, 4) is 0 Å². The van der Waals surface area contributed by atoms with Gasteiger partial charge in [-0.25, -0.2) is 0 Å². The molecule has 0 spiro atoms. The molecule has 0 heterocycles. The summed E-state index contributed by atoms with van der Waals surface area (Å²) in [7, 11) is 0. The van der Waals surface area contributed by atoms with E-state index < -0.39 is 0 Å². The van der Waals surface area contributed by atoms with Crippen molar-refractivity contribution in [2.75, 3.05) is 31.6 Å². The van der Waals surface area contributed by atoms with E-state index in [0.29, 0.717) is 0 Å². The van der Waals surface area contributed by atoms with Crippen LogP contribution in [0.5, 0.6) is 0 Å². The fraction of sp³-hybridized carbons (Fsp3) is 0.700. The van der Waals surface area contributed by atoms with Crippen molar-refractivity contribution < 1.29 is 0 Å². The summed E-state index contributed by atoms with van der Waals surface area (Å²) in [6.45, 7) is 8.25. The van der Waals surface area contributed by atoms with Gasteiger partial charge in [-0.3, -0.25) is 4.99 Å². The number of nitrogens with zero attached hydrogens (tertiary/aromatic N) is 1. The van der Waals surface area contributed by atoms with Crippen LogP contribution in [0.1, 0.15) is 13.3 Å². The Labute approximate surface area is 91.5 Å². The number of hydrogen-bond donors (Lipinski definition) is 2. The SMILES string of the molecule is C=CCNC(=NCCCSC)NCC. The first-order chi connectivity index (χ1) is 6.85. The lowest BCUT2D eigenvalue weighted by molar-refractivity contribution is 0.846. The molecule has 0 bridgehead atoms. The van der Waals surface area contributed by atoms with E-state index in [9.17, 15) is 0 Å². The van der Waals surface area contributed by atoms with Crippen LogP contribution in [0.25, 0.3) is 0 Å². The molecule has 0 fully saturated rings. The average molecular weight is 215 g/mol. The minimum atomic E-state index is 0.758. The van der Waals surface area contributed by atoms with Crippen molar-refractivity contribution in [1.29, 1.82) is 0 Å². The minimum Gasteiger partial charge on any atom is -0.357 e. The quantitative estimate of drug-likeness (QED) is 0.292. The normalized spacial score (nSPS) is 11.1. The van der Waals surface area contributed by atoms with Crippen LogP contribution in [-0.2, 0) is 0 Å². The first-order valence-electron chi connectivity index (χ1n) is 4.97. The van der Waals surface area contributed by atoms with E-state index in [-0.39, 0.29) is 0 Å². The molecule has 82 valence electrons. The van der Waals surface area contributed by atoms with Crippen molar-refractivity contribution in [3.05, 3.63) is 12.7 Å². The van der Waals surface area contributed by atoms with Crippen LogP contribution in [0.4, 0.5) is 0 Å². The van der Waals surface area contributed by atoms with Crippen LogP contribution in [0.3, 0.4) is 0 Å². The minimum absolute atomic E-state index is 0.758. The Morgan fingerprint density at radius 1 is 1.50 bits per heavy atom. The van der Waals surface area contributed by atoms with Crippen LogP contribution in [0.15, 0.2) is 17.6 Å². The maximum Gasteiger partial charge on any atom is 0.191 e. The van der Waals surface area contributed by atoms with E-state index in [4.69, 9.17) is 0 Å². The van der Waals surface area contributed by atoms with Crippen LogP contribution in [0.2, 0.25) is 0 Å². The van der Waals surface area contributed by atoms with Gasteiger partial charge in [-0.15, -0.1) is 6.58 Å². The van der Waals surface area contributed by atoms with Crippen molar-refractivity contribution in [2.45, 2.75) is 13.3 Å². The van der Waals surface area contributed by atoms with E-state index in [1.807, 2.05) is 17.8 Å². The lowest BCUT2D eigenvalue weighted by atomic mass is 10.5. The molecule has 0 aromatic carbocycles. The van der Waals surface area contributed by atoms with Gasteiger partial charge >= 0.3 is 0 Å². The summed E-state index contributed by atoms with van der Waals surface area (Å²) in [6, 6.07) is 0. The highest BCUT2D eigenvalue weighted by molar-refractivity contribution is 7.98. The van der Waals surface area contributed by atoms with Crippen molar-refractivity contribution in [2.24, 2.45) is 4.99 Å². The molecule has 0 saturated heterocycles. The Morgan fingerprint density at radius 3 is 2.86 bits per heavy atom. The Morgan fingerprint density at radius 2 is 2.29 bits per heavy atom. The zero-order valence-corrected chi connectivity index (χ0v) is 9.99. The number of rotatable bonds is 7. The fourth-order valence-corrected chi connectivity index (χ4v) is 1.33. The zero-order chi connectivity index (χ0) is 10.6. The number of aliphatic imine (C=N–C) groups is 1. The van der Waals surface area contributed by atoms with Crippen LogP contribution < -0.4 is 10.6 Å². The average Bonchev–Trinajstić information content (AvgIpc) is 2.20. The highest BCUT2D eigenvalue weighted by atomic mass is 32.2. The number of hydrogen-bond acceptors (Lipinski definition) is 2. The largest absolute Gasteiger partial charge is 0.357 e. The monoisotopic (exact) mass is 215 g/mol. The van der Waals surface area contributed by atoms with Gasteiger partial charge in [-0.1, -0.05) is 6.08 Å². The summed E-state index contributed by atoms with van der Waals surface area (Å²) in [5, 5.41) is 6.34. The van der Waals surface area contributed by atoms with Gasteiger partial charge in [-0.2, -0.15) is 11.8 Å². The molecule has 0 radical (unpaired) electrons. The molecule has 0 aliphatic heterocycles. The lowest BCUT2D eigenvalue weighted by Crippen LogP contribution is -2.37. The molecule has 0 aliphatic rings. The third kappa shape index (κ3) is 7.98. The molecular formula is C10H21N3S. The molecule has 0 aromatic heterocycles. The van der Waals surface area contributed by atoms with E-state index in [0.717, 1.165) is 32.0 Å². The van der Waals surface area contributed by atoms with Crippen molar-refractivity contribution >= 4 is 17.7 Å². The number of guanidine groups is 1. The second kappa shape index (κ2) is 10.4. The maximum atomic E-state index is 4.42. The van der Waals surface area contributed by atoms with Gasteiger partial charge in [-0.05, 0) is 25.4 Å². The predicted octanol–water partition coefficient (Wildman–Crippen LogP) is 1.48. The molecule has 0 aromatic rings. The van der Waals surface area contributed by atoms with Crippen LogP contribution in [-0.4, -0.2) is 37.6 Å². The number of nitrogens with one attached hydrogen (secondary N) is 2. The highest BCUT2D eigenvalue weighted by Gasteiger charge is 1.93. The Bertz CT molecular complexity index is 169. The van der Waals surface area contributed by atoms with E-state index in [1.54, 1.807) is 0 Å². The first-order valence-corrected chi connectivity index (χ1v) is 6.36. The van der Waals surface area contributed by atoms with Gasteiger partial charge in [0.15, 0.2) is 5.96 Å². The molecule has 2 N–H and O–H groups in total. The number of thioether (sulfide) groups is 1. The highest BCUT2D eigenvalue weighted by Crippen LogP contribution is 1.94. The van der Waals surface area contributed by atoms with Gasteiger partial charge in [0.2, 0.25) is 0 Å². The summed E-state index contributed by atoms with van der Waals surface area (Å²) in [5.74, 6) is 2.05. The molecule has 0 aliphatic carbocycles. The van der Waals surface area contributed by atoms with E-state index in [2.05, 4.69) is 35.4 Å². The lowest BCUT2D eigenvalue weighted by Gasteiger charge is -2.08. The molecule has 4 heteroatoms. The third-order valence-corrected chi connectivity index (χ3v) is 2.23. The van der Waals surface area contributed by atoms with E-state index >= 15 is 0 Å². The van der Waals surface area contributed by atoms with Gasteiger partial charge in [0.05, 0.1) is 0 Å². The Balaban J connectivity index is 3.72. The third-order valence-electron chi connectivity index (χ3n) is 1.53. The fourth-order valence-electron chi connectivity index (χ4n) is 0.910. The smallest absolute Gasteiger partial charge is 0.191 e. The van der Waals surface area contributed by atoms with Crippen LogP contribution >= 0.6 is 11.8 Å². The van der Waals surface area contributed by atoms with Gasteiger partial charge < -0.3 is 10.6 Å². The van der Waals surface area contributed by atoms with Crippen molar-refractivity contribution in [3.63, 3.8) is 0 Å². The summed E-state index contributed by atoms with van der Waals surface area (Å²) in [5.41, 5.74) is 0. The summed E-state index contributed by atoms with van der Waals surface area (Å²) >= 11 is 1.86. The summed E-state index contributed by atoms with van der Waals surface area (Å²) in [4.78, 5) is 4.42. The van der Waals surface area contributed by atoms with Gasteiger partial charge in [0, 0.05) is 19.6 Å². The van der Waals surface area contributed by atoms with E-state index in [1.165, 1.54) is 5.75 Å². The zero-order valence-electron chi connectivity index (χ0n) is 9.18. The van der Waals surface area contributed by atoms with Gasteiger partial charge in [0.1, 0.15) is 0 Å². The predicted molar refractivity (Wildman–Crippen MR) is 67.2 cm³/mol. The summed E-state index contributed by atoms with van der Waals surface area (Å²) < 4.78 is 0. The standard InChI is InChI=1S/C10H21N3S/c1-4-7-12-10(11-5-2)13-8-6-9-14-3/h4H,1,5-9H2,2-3H3,(H2,11,12,13). The van der Waals surface area contributed by atoms with Gasteiger partial charge in [0.25, 0.3) is 0 Å². The molecule has 0 atom stereocenters. The first kappa shape index (κ1) is 13.4. The topological polar surface area (TPSA) is 36.4 Å². The molecule has 0 rings (SSSR count). The summed E-state index contributed by atoms with van der Waals surface area (Å²) in [6.07, 6.45) is 5.07. The molecular weight excluding hydrogens is 194 g/mol. The second-order valence-electron chi connectivity index (χ2n) is 2.78. The molecule has 3 nitrogen and oxygen atoms in total. The second-order valence-corrected chi connectivity index (χ2v) is 3.76. The van der Waals surface area contributed by atoms with Crippen LogP contribution in [0, 0.1) is 0 Å². The molecule has 0 saturated carbocycles. The molecule has 0 unspecified atom stereocenters. The Hall–Kier alpha value is -0.640. The molecule has 0 amide bonds. The maximum absolute atomic E-state index is 4.42. The molecule has 14 heavy (non-hydrogen) atoms. The Kier molecular flexibility index (Phi) is 9.96.